The summed E-state index contributed by atoms with van der Waals surface area (Å²) in [5.41, 5.74) is 0.993. The van der Waals surface area contributed by atoms with Crippen LogP contribution in [0.15, 0.2) is 21.3 Å². The van der Waals surface area contributed by atoms with Gasteiger partial charge in [-0.05, 0) is 30.2 Å². The minimum atomic E-state index is 0.137. The van der Waals surface area contributed by atoms with E-state index in [1.807, 2.05) is 26.6 Å². The van der Waals surface area contributed by atoms with Gasteiger partial charge in [-0.15, -0.1) is 0 Å². The molecule has 0 aliphatic carbocycles. The Kier molecular flexibility index (Phi) is 4.98. The summed E-state index contributed by atoms with van der Waals surface area (Å²) >= 11 is 1.62. The fourth-order valence-electron chi connectivity index (χ4n) is 3.45. The van der Waals surface area contributed by atoms with Gasteiger partial charge in [0.25, 0.3) is 0 Å². The summed E-state index contributed by atoms with van der Waals surface area (Å²) in [6, 6.07) is 2.13. The number of carbonyl (C=O) groups excluding carboxylic acids is 1. The van der Waals surface area contributed by atoms with E-state index in [0.29, 0.717) is 43.9 Å². The van der Waals surface area contributed by atoms with Crippen LogP contribution in [0.5, 0.6) is 0 Å². The Balaban J connectivity index is 1.36. The second-order valence-electron chi connectivity index (χ2n) is 6.56. The molecule has 2 aromatic heterocycles. The van der Waals surface area contributed by atoms with Crippen molar-refractivity contribution in [3.63, 3.8) is 0 Å². The van der Waals surface area contributed by atoms with Crippen molar-refractivity contribution in [2.75, 3.05) is 39.4 Å². The van der Waals surface area contributed by atoms with Crippen molar-refractivity contribution < 1.29 is 14.1 Å². The number of ether oxygens (including phenoxy) is 1. The molecule has 2 saturated heterocycles. The second-order valence-corrected chi connectivity index (χ2v) is 7.34. The molecular weight excluding hydrogens is 340 g/mol. The number of piperidine rings is 1. The number of amides is 2. The third-order valence-corrected chi connectivity index (χ3v) is 5.47. The van der Waals surface area contributed by atoms with Gasteiger partial charge in [0.15, 0.2) is 0 Å². The van der Waals surface area contributed by atoms with Crippen molar-refractivity contribution in [2.45, 2.75) is 19.3 Å². The van der Waals surface area contributed by atoms with Crippen molar-refractivity contribution >= 4 is 17.4 Å². The molecular formula is C17H22N4O3S. The lowest BCUT2D eigenvalue weighted by molar-refractivity contribution is 0.0389. The largest absolute Gasteiger partial charge is 0.378 e. The number of rotatable bonds is 3. The summed E-state index contributed by atoms with van der Waals surface area (Å²) in [6.07, 6.45) is 2.83. The molecule has 2 aliphatic rings. The molecule has 134 valence electrons. The molecule has 2 aliphatic heterocycles. The zero-order chi connectivity index (χ0) is 17.1. The van der Waals surface area contributed by atoms with Gasteiger partial charge >= 0.3 is 6.03 Å². The molecule has 0 saturated carbocycles. The Morgan fingerprint density at radius 2 is 2.16 bits per heavy atom. The van der Waals surface area contributed by atoms with Crippen molar-refractivity contribution in [3.8, 4) is 11.4 Å². The van der Waals surface area contributed by atoms with Crippen LogP contribution in [-0.4, -0.2) is 65.4 Å². The first-order valence-corrected chi connectivity index (χ1v) is 9.70. The maximum Gasteiger partial charge on any atom is 0.320 e. The zero-order valence-electron chi connectivity index (χ0n) is 14.1. The summed E-state index contributed by atoms with van der Waals surface area (Å²) in [4.78, 5) is 21.0. The normalized spacial score (nSPS) is 21.5. The number of morpholine rings is 1. The molecule has 0 N–H and O–H groups in total. The minimum absolute atomic E-state index is 0.137. The van der Waals surface area contributed by atoms with E-state index in [1.54, 1.807) is 11.3 Å². The highest BCUT2D eigenvalue weighted by Crippen LogP contribution is 2.24. The van der Waals surface area contributed by atoms with E-state index in [9.17, 15) is 4.79 Å². The van der Waals surface area contributed by atoms with Gasteiger partial charge in [-0.1, -0.05) is 5.16 Å². The molecule has 7 nitrogen and oxygen atoms in total. The predicted molar refractivity (Wildman–Crippen MR) is 93.4 cm³/mol. The molecule has 2 aromatic rings. The molecule has 1 atom stereocenters. The minimum Gasteiger partial charge on any atom is -0.378 e. The van der Waals surface area contributed by atoms with E-state index in [4.69, 9.17) is 9.26 Å². The fraction of sp³-hybridized carbons (Fsp3) is 0.588. The van der Waals surface area contributed by atoms with Gasteiger partial charge in [-0.2, -0.15) is 16.3 Å². The Labute approximate surface area is 150 Å². The smallest absolute Gasteiger partial charge is 0.320 e. The SMILES string of the molecule is O=C(N1CCOCC1)N1CCCC(Cc2nc(-c3ccsc3)no2)C1. The highest BCUT2D eigenvalue weighted by Gasteiger charge is 2.29. The van der Waals surface area contributed by atoms with Crippen LogP contribution in [0.3, 0.4) is 0 Å². The number of likely N-dealkylation sites (tertiary alicyclic amines) is 1. The maximum absolute atomic E-state index is 12.7. The molecule has 2 amide bonds. The Morgan fingerprint density at radius 3 is 2.96 bits per heavy atom. The van der Waals surface area contributed by atoms with Gasteiger partial charge in [0.2, 0.25) is 11.7 Å². The summed E-state index contributed by atoms with van der Waals surface area (Å²) in [6.45, 7) is 4.23. The van der Waals surface area contributed by atoms with Gasteiger partial charge in [0, 0.05) is 43.5 Å². The average molecular weight is 362 g/mol. The van der Waals surface area contributed by atoms with Crippen molar-refractivity contribution in [1.82, 2.24) is 19.9 Å². The van der Waals surface area contributed by atoms with Crippen LogP contribution in [0.2, 0.25) is 0 Å². The monoisotopic (exact) mass is 362 g/mol. The Bertz CT molecular complexity index is 697. The number of hydrogen-bond acceptors (Lipinski definition) is 6. The van der Waals surface area contributed by atoms with E-state index in [-0.39, 0.29) is 6.03 Å². The van der Waals surface area contributed by atoms with Gasteiger partial charge in [-0.25, -0.2) is 4.79 Å². The van der Waals surface area contributed by atoms with Crippen LogP contribution in [0, 0.1) is 5.92 Å². The van der Waals surface area contributed by atoms with Crippen molar-refractivity contribution in [2.24, 2.45) is 5.92 Å². The molecule has 0 spiro atoms. The van der Waals surface area contributed by atoms with Gasteiger partial charge in [-0.3, -0.25) is 0 Å². The van der Waals surface area contributed by atoms with E-state index in [2.05, 4.69) is 10.1 Å². The fourth-order valence-corrected chi connectivity index (χ4v) is 4.09. The number of hydrogen-bond donors (Lipinski definition) is 0. The highest BCUT2D eigenvalue weighted by atomic mass is 32.1. The highest BCUT2D eigenvalue weighted by molar-refractivity contribution is 7.08. The molecule has 4 heterocycles. The maximum atomic E-state index is 12.7. The van der Waals surface area contributed by atoms with Gasteiger partial charge in [0.05, 0.1) is 13.2 Å². The lowest BCUT2D eigenvalue weighted by Crippen LogP contribution is -2.51. The number of urea groups is 1. The van der Waals surface area contributed by atoms with Gasteiger partial charge < -0.3 is 19.1 Å². The molecule has 8 heteroatoms. The summed E-state index contributed by atoms with van der Waals surface area (Å²) in [7, 11) is 0. The first-order valence-electron chi connectivity index (χ1n) is 8.76. The summed E-state index contributed by atoms with van der Waals surface area (Å²) in [5, 5.41) is 8.08. The van der Waals surface area contributed by atoms with Crippen LogP contribution in [0.25, 0.3) is 11.4 Å². The molecule has 2 fully saturated rings. The van der Waals surface area contributed by atoms with E-state index < -0.39 is 0 Å². The molecule has 0 bridgehead atoms. The summed E-state index contributed by atoms with van der Waals surface area (Å²) in [5.74, 6) is 1.68. The number of carbonyl (C=O) groups is 1. The molecule has 1 unspecified atom stereocenters. The molecule has 0 radical (unpaired) electrons. The zero-order valence-corrected chi connectivity index (χ0v) is 14.9. The Morgan fingerprint density at radius 1 is 1.28 bits per heavy atom. The summed E-state index contributed by atoms with van der Waals surface area (Å²) < 4.78 is 10.7. The predicted octanol–water partition coefficient (Wildman–Crippen LogP) is 2.50. The topological polar surface area (TPSA) is 71.7 Å². The van der Waals surface area contributed by atoms with E-state index in [1.165, 1.54) is 0 Å². The van der Waals surface area contributed by atoms with Crippen LogP contribution in [0.1, 0.15) is 18.7 Å². The third-order valence-electron chi connectivity index (χ3n) is 4.78. The van der Waals surface area contributed by atoms with E-state index >= 15 is 0 Å². The lowest BCUT2D eigenvalue weighted by atomic mass is 9.95. The lowest BCUT2D eigenvalue weighted by Gasteiger charge is -2.37. The Hall–Kier alpha value is -1.93. The average Bonchev–Trinajstić information content (AvgIpc) is 3.34. The second kappa shape index (κ2) is 7.53. The molecule has 4 rings (SSSR count). The van der Waals surface area contributed by atoms with Gasteiger partial charge in [0.1, 0.15) is 0 Å². The van der Waals surface area contributed by atoms with Crippen molar-refractivity contribution in [3.05, 3.63) is 22.7 Å². The molecule has 0 aromatic carbocycles. The third kappa shape index (κ3) is 3.85. The molecule has 25 heavy (non-hydrogen) atoms. The van der Waals surface area contributed by atoms with Crippen LogP contribution in [-0.2, 0) is 11.2 Å². The van der Waals surface area contributed by atoms with E-state index in [0.717, 1.165) is 37.9 Å². The van der Waals surface area contributed by atoms with Crippen LogP contribution < -0.4 is 0 Å². The quantitative estimate of drug-likeness (QED) is 0.839. The van der Waals surface area contributed by atoms with Crippen LogP contribution in [0.4, 0.5) is 4.79 Å². The van der Waals surface area contributed by atoms with Crippen molar-refractivity contribution in [1.29, 1.82) is 0 Å². The number of aromatic nitrogens is 2. The number of nitrogens with zero attached hydrogens (tertiary/aromatic N) is 4. The first kappa shape index (κ1) is 16.5. The standard InChI is InChI=1S/C17H22N4O3S/c22-17(20-5-7-23-8-6-20)21-4-1-2-13(11-21)10-15-18-16(19-24-15)14-3-9-25-12-14/h3,9,12-13H,1-2,4-8,10-11H2. The first-order chi connectivity index (χ1) is 12.3. The van der Waals surface area contributed by atoms with Crippen LogP contribution >= 0.6 is 11.3 Å². The number of thiophene rings is 1.